The monoisotopic (exact) mass is 252 g/mol. The molecule has 0 spiro atoms. The molecule has 0 unspecified atom stereocenters. The van der Waals surface area contributed by atoms with E-state index in [9.17, 15) is 9.59 Å². The SMILES string of the molecule is CC(C)OC(=O)c1ccnc(N[C@H](C)C(N)=O)n1. The van der Waals surface area contributed by atoms with Crippen molar-refractivity contribution in [3.05, 3.63) is 18.0 Å². The van der Waals surface area contributed by atoms with Gasteiger partial charge in [-0.3, -0.25) is 4.79 Å². The van der Waals surface area contributed by atoms with Crippen LogP contribution in [0.4, 0.5) is 5.95 Å². The Bertz CT molecular complexity index is 448. The number of carbonyl (C=O) groups excluding carboxylic acids is 2. The van der Waals surface area contributed by atoms with Crippen LogP contribution in [0.2, 0.25) is 0 Å². The van der Waals surface area contributed by atoms with Gasteiger partial charge in [-0.15, -0.1) is 0 Å². The van der Waals surface area contributed by atoms with Crippen LogP contribution in [0.15, 0.2) is 12.3 Å². The predicted molar refractivity (Wildman–Crippen MR) is 64.9 cm³/mol. The topological polar surface area (TPSA) is 107 Å². The number of rotatable bonds is 5. The summed E-state index contributed by atoms with van der Waals surface area (Å²) < 4.78 is 5.00. The van der Waals surface area contributed by atoms with Crippen LogP contribution in [0.1, 0.15) is 31.3 Å². The Hall–Kier alpha value is -2.18. The molecule has 1 aromatic heterocycles. The number of hydrogen-bond acceptors (Lipinski definition) is 6. The molecular weight excluding hydrogens is 236 g/mol. The normalized spacial score (nSPS) is 12.0. The number of nitrogens with zero attached hydrogens (tertiary/aromatic N) is 2. The molecule has 0 aliphatic heterocycles. The fourth-order valence-corrected chi connectivity index (χ4v) is 1.08. The number of carbonyl (C=O) groups is 2. The highest BCUT2D eigenvalue weighted by Gasteiger charge is 2.14. The summed E-state index contributed by atoms with van der Waals surface area (Å²) in [6.07, 6.45) is 1.17. The molecule has 1 aromatic rings. The van der Waals surface area contributed by atoms with Gasteiger partial charge in [0.1, 0.15) is 6.04 Å². The molecule has 1 heterocycles. The van der Waals surface area contributed by atoms with E-state index >= 15 is 0 Å². The molecule has 0 saturated heterocycles. The summed E-state index contributed by atoms with van der Waals surface area (Å²) in [5.74, 6) is -0.921. The zero-order chi connectivity index (χ0) is 13.7. The zero-order valence-electron chi connectivity index (χ0n) is 10.5. The van der Waals surface area contributed by atoms with E-state index in [1.165, 1.54) is 12.3 Å². The van der Waals surface area contributed by atoms with Crippen molar-refractivity contribution in [1.82, 2.24) is 9.97 Å². The molecule has 3 N–H and O–H groups in total. The first kappa shape index (κ1) is 13.9. The van der Waals surface area contributed by atoms with Gasteiger partial charge in [-0.1, -0.05) is 0 Å². The Balaban J connectivity index is 2.79. The van der Waals surface area contributed by atoms with Gasteiger partial charge >= 0.3 is 5.97 Å². The number of aromatic nitrogens is 2. The summed E-state index contributed by atoms with van der Waals surface area (Å²) in [5.41, 5.74) is 5.22. The van der Waals surface area contributed by atoms with Crippen molar-refractivity contribution >= 4 is 17.8 Å². The maximum Gasteiger partial charge on any atom is 0.357 e. The number of anilines is 1. The Morgan fingerprint density at radius 1 is 1.39 bits per heavy atom. The van der Waals surface area contributed by atoms with Crippen LogP contribution >= 0.6 is 0 Å². The van der Waals surface area contributed by atoms with Crippen molar-refractivity contribution in [2.24, 2.45) is 5.73 Å². The van der Waals surface area contributed by atoms with Gasteiger partial charge in [0.2, 0.25) is 11.9 Å². The molecule has 0 bridgehead atoms. The van der Waals surface area contributed by atoms with Crippen molar-refractivity contribution < 1.29 is 14.3 Å². The quantitative estimate of drug-likeness (QED) is 0.731. The molecule has 1 atom stereocenters. The van der Waals surface area contributed by atoms with Gasteiger partial charge < -0.3 is 15.8 Å². The van der Waals surface area contributed by atoms with Gasteiger partial charge in [0.25, 0.3) is 0 Å². The highest BCUT2D eigenvalue weighted by atomic mass is 16.5. The molecule has 98 valence electrons. The van der Waals surface area contributed by atoms with E-state index in [0.717, 1.165) is 0 Å². The molecular formula is C11H16N4O3. The minimum atomic E-state index is -0.624. The molecule has 7 nitrogen and oxygen atoms in total. The lowest BCUT2D eigenvalue weighted by molar-refractivity contribution is -0.118. The van der Waals surface area contributed by atoms with Crippen molar-refractivity contribution in [3.8, 4) is 0 Å². The highest BCUT2D eigenvalue weighted by molar-refractivity contribution is 5.87. The number of esters is 1. The van der Waals surface area contributed by atoms with E-state index in [4.69, 9.17) is 10.5 Å². The second-order valence-electron chi connectivity index (χ2n) is 3.99. The summed E-state index contributed by atoms with van der Waals surface area (Å²) in [7, 11) is 0. The number of nitrogens with one attached hydrogen (secondary N) is 1. The molecule has 7 heteroatoms. The molecule has 0 radical (unpaired) electrons. The van der Waals surface area contributed by atoms with E-state index < -0.39 is 17.9 Å². The third kappa shape index (κ3) is 4.00. The molecule has 1 amide bonds. The summed E-state index contributed by atoms with van der Waals surface area (Å²) in [4.78, 5) is 30.3. The van der Waals surface area contributed by atoms with Gasteiger partial charge in [0, 0.05) is 6.20 Å². The molecule has 0 fully saturated rings. The maximum atomic E-state index is 11.6. The van der Waals surface area contributed by atoms with Crippen molar-refractivity contribution in [1.29, 1.82) is 0 Å². The van der Waals surface area contributed by atoms with E-state index in [2.05, 4.69) is 15.3 Å². The lowest BCUT2D eigenvalue weighted by Crippen LogP contribution is -2.33. The smallest absolute Gasteiger partial charge is 0.357 e. The van der Waals surface area contributed by atoms with Crippen LogP contribution in [0.3, 0.4) is 0 Å². The summed E-state index contributed by atoms with van der Waals surface area (Å²) in [6.45, 7) is 5.06. The number of nitrogens with two attached hydrogens (primary N) is 1. The summed E-state index contributed by atoms with van der Waals surface area (Å²) >= 11 is 0. The van der Waals surface area contributed by atoms with Crippen LogP contribution < -0.4 is 11.1 Å². The van der Waals surface area contributed by atoms with Crippen LogP contribution in [0.25, 0.3) is 0 Å². The molecule has 0 aromatic carbocycles. The largest absolute Gasteiger partial charge is 0.458 e. The Kier molecular flexibility index (Phi) is 4.59. The second-order valence-corrected chi connectivity index (χ2v) is 3.99. The highest BCUT2D eigenvalue weighted by Crippen LogP contribution is 2.05. The molecule has 0 saturated carbocycles. The van der Waals surface area contributed by atoms with Crippen molar-refractivity contribution in [2.45, 2.75) is 32.9 Å². The van der Waals surface area contributed by atoms with Gasteiger partial charge in [-0.05, 0) is 26.8 Å². The molecule has 1 rings (SSSR count). The fourth-order valence-electron chi connectivity index (χ4n) is 1.08. The standard InChI is InChI=1S/C11H16N4O3/c1-6(2)18-10(17)8-4-5-13-11(15-8)14-7(3)9(12)16/h4-7H,1-3H3,(H2,12,16)(H,13,14,15)/t7-/m1/s1. The molecule has 18 heavy (non-hydrogen) atoms. The van der Waals surface area contributed by atoms with Crippen LogP contribution in [0.5, 0.6) is 0 Å². The first-order valence-electron chi connectivity index (χ1n) is 5.50. The Morgan fingerprint density at radius 2 is 2.06 bits per heavy atom. The van der Waals surface area contributed by atoms with Gasteiger partial charge in [0.05, 0.1) is 6.10 Å². The van der Waals surface area contributed by atoms with Crippen molar-refractivity contribution in [3.63, 3.8) is 0 Å². The van der Waals surface area contributed by atoms with Gasteiger partial charge in [0.15, 0.2) is 5.69 Å². The van der Waals surface area contributed by atoms with Crippen LogP contribution in [-0.2, 0) is 9.53 Å². The van der Waals surface area contributed by atoms with Crippen LogP contribution in [0, 0.1) is 0 Å². The minimum Gasteiger partial charge on any atom is -0.458 e. The molecule has 0 aliphatic rings. The van der Waals surface area contributed by atoms with Gasteiger partial charge in [-0.25, -0.2) is 14.8 Å². The second kappa shape index (κ2) is 5.95. The van der Waals surface area contributed by atoms with E-state index in [-0.39, 0.29) is 17.7 Å². The van der Waals surface area contributed by atoms with Crippen molar-refractivity contribution in [2.75, 3.05) is 5.32 Å². The van der Waals surface area contributed by atoms with E-state index in [0.29, 0.717) is 0 Å². The minimum absolute atomic E-state index is 0.123. The van der Waals surface area contributed by atoms with E-state index in [1.54, 1.807) is 20.8 Å². The summed E-state index contributed by atoms with van der Waals surface area (Å²) in [6, 6.07) is 0.812. The maximum absolute atomic E-state index is 11.6. The average molecular weight is 252 g/mol. The number of primary amides is 1. The Morgan fingerprint density at radius 3 is 2.61 bits per heavy atom. The number of amides is 1. The third-order valence-corrected chi connectivity index (χ3v) is 1.98. The Labute approximate surface area is 105 Å². The van der Waals surface area contributed by atoms with E-state index in [1.807, 2.05) is 0 Å². The zero-order valence-corrected chi connectivity index (χ0v) is 10.5. The molecule has 0 aliphatic carbocycles. The van der Waals surface area contributed by atoms with Gasteiger partial charge in [-0.2, -0.15) is 0 Å². The lowest BCUT2D eigenvalue weighted by atomic mass is 10.3. The predicted octanol–water partition coefficient (Wildman–Crippen LogP) is 0.327. The summed E-state index contributed by atoms with van der Waals surface area (Å²) in [5, 5.41) is 2.69. The first-order chi connectivity index (χ1) is 8.40. The van der Waals surface area contributed by atoms with Crippen LogP contribution in [-0.4, -0.2) is 34.0 Å². The fraction of sp³-hybridized carbons (Fsp3) is 0.455. The third-order valence-electron chi connectivity index (χ3n) is 1.98. The lowest BCUT2D eigenvalue weighted by Gasteiger charge is -2.11. The number of hydrogen-bond donors (Lipinski definition) is 2. The first-order valence-corrected chi connectivity index (χ1v) is 5.50. The average Bonchev–Trinajstić information content (AvgIpc) is 2.28. The number of ether oxygens (including phenoxy) is 1.